The molecule has 150 valence electrons. The summed E-state index contributed by atoms with van der Waals surface area (Å²) >= 11 is 0. The van der Waals surface area contributed by atoms with Gasteiger partial charge in [0.05, 0.1) is 0 Å². The monoisotopic (exact) mass is 386 g/mol. The standard InChI is InChI=1S/C19H26N6O3/c1-11-20-6-12(7-21-11)8-25-9-13-2-3-14(10-25)17(13)23-16(26)5-4-15-18(27)24-19(28)22-15/h6-7,13-15,17H,2-5,8-10H2,1H3,(H,23,26)(H2,22,24,27,28)/t13-,14+,15-,17?/m0/s1. The van der Waals surface area contributed by atoms with Crippen LogP contribution in [0.3, 0.4) is 0 Å². The number of hydrogen-bond acceptors (Lipinski definition) is 6. The number of nitrogens with one attached hydrogen (secondary N) is 3. The maximum absolute atomic E-state index is 12.4. The highest BCUT2D eigenvalue weighted by Crippen LogP contribution is 2.37. The SMILES string of the molecule is Cc1ncc(CN2C[C@H]3CC[C@@H](C2)C3NC(=O)CC[C@@H]2NC(=O)NC2=O)cn1. The van der Waals surface area contributed by atoms with Crippen molar-refractivity contribution in [2.45, 2.75) is 51.2 Å². The number of aryl methyl sites for hydroxylation is 1. The van der Waals surface area contributed by atoms with Crippen LogP contribution < -0.4 is 16.0 Å². The Morgan fingerprint density at radius 2 is 1.89 bits per heavy atom. The summed E-state index contributed by atoms with van der Waals surface area (Å²) in [5.74, 6) is 1.27. The molecule has 3 heterocycles. The molecule has 28 heavy (non-hydrogen) atoms. The molecule has 9 heteroatoms. The number of fused-ring (bicyclic) bond motifs is 2. The van der Waals surface area contributed by atoms with Crippen molar-refractivity contribution < 1.29 is 14.4 Å². The summed E-state index contributed by atoms with van der Waals surface area (Å²) in [7, 11) is 0. The molecule has 1 aromatic rings. The van der Waals surface area contributed by atoms with Gasteiger partial charge in [-0.05, 0) is 38.0 Å². The van der Waals surface area contributed by atoms with Crippen molar-refractivity contribution in [3.8, 4) is 0 Å². The first-order chi connectivity index (χ1) is 13.5. The lowest BCUT2D eigenvalue weighted by molar-refractivity contribution is -0.123. The molecule has 3 aliphatic rings. The lowest BCUT2D eigenvalue weighted by atomic mass is 9.91. The van der Waals surface area contributed by atoms with Crippen LogP contribution in [0, 0.1) is 18.8 Å². The lowest BCUT2D eigenvalue weighted by Crippen LogP contribution is -2.52. The van der Waals surface area contributed by atoms with Crippen LogP contribution in [0.5, 0.6) is 0 Å². The molecule has 0 spiro atoms. The predicted molar refractivity (Wildman–Crippen MR) is 99.9 cm³/mol. The summed E-state index contributed by atoms with van der Waals surface area (Å²) in [5, 5.41) is 7.91. The molecule has 9 nitrogen and oxygen atoms in total. The van der Waals surface area contributed by atoms with Crippen LogP contribution in [0.2, 0.25) is 0 Å². The van der Waals surface area contributed by atoms with Crippen molar-refractivity contribution in [2.24, 2.45) is 11.8 Å². The van der Waals surface area contributed by atoms with Gasteiger partial charge >= 0.3 is 6.03 Å². The quantitative estimate of drug-likeness (QED) is 0.597. The fourth-order valence-corrected chi connectivity index (χ4v) is 4.64. The molecule has 2 aliphatic heterocycles. The van der Waals surface area contributed by atoms with E-state index in [1.807, 2.05) is 19.3 Å². The fourth-order valence-electron chi connectivity index (χ4n) is 4.64. The van der Waals surface area contributed by atoms with Crippen LogP contribution in [0.1, 0.15) is 37.1 Å². The van der Waals surface area contributed by atoms with Crippen molar-refractivity contribution in [1.82, 2.24) is 30.8 Å². The highest BCUT2D eigenvalue weighted by Gasteiger charge is 2.42. The minimum atomic E-state index is -0.603. The molecule has 1 aliphatic carbocycles. The normalized spacial score (nSPS) is 29.5. The summed E-state index contributed by atoms with van der Waals surface area (Å²) in [4.78, 5) is 46.1. The van der Waals surface area contributed by atoms with Crippen LogP contribution >= 0.6 is 0 Å². The molecule has 4 atom stereocenters. The average molecular weight is 386 g/mol. The number of urea groups is 1. The zero-order chi connectivity index (χ0) is 19.7. The molecule has 1 aromatic heterocycles. The fraction of sp³-hybridized carbons (Fsp3) is 0.632. The van der Waals surface area contributed by atoms with E-state index in [4.69, 9.17) is 0 Å². The molecule has 0 radical (unpaired) electrons. The van der Waals surface area contributed by atoms with Crippen molar-refractivity contribution in [3.05, 3.63) is 23.8 Å². The number of imide groups is 1. The van der Waals surface area contributed by atoms with Gasteiger partial charge in [0.2, 0.25) is 5.91 Å². The van der Waals surface area contributed by atoms with Gasteiger partial charge in [0.25, 0.3) is 5.91 Å². The highest BCUT2D eigenvalue weighted by atomic mass is 16.2. The molecule has 2 saturated heterocycles. The van der Waals surface area contributed by atoms with E-state index in [2.05, 4.69) is 30.8 Å². The number of amides is 4. The number of piperidine rings is 1. The van der Waals surface area contributed by atoms with E-state index >= 15 is 0 Å². The number of rotatable bonds is 6. The van der Waals surface area contributed by atoms with Gasteiger partial charge in [-0.3, -0.25) is 19.8 Å². The largest absolute Gasteiger partial charge is 0.353 e. The van der Waals surface area contributed by atoms with E-state index in [1.165, 1.54) is 0 Å². The lowest BCUT2D eigenvalue weighted by Gasteiger charge is -2.38. The number of hydrogen-bond donors (Lipinski definition) is 3. The zero-order valence-corrected chi connectivity index (χ0v) is 16.0. The Bertz CT molecular complexity index is 753. The van der Waals surface area contributed by atoms with E-state index in [-0.39, 0.29) is 24.3 Å². The zero-order valence-electron chi connectivity index (χ0n) is 16.0. The van der Waals surface area contributed by atoms with E-state index < -0.39 is 12.1 Å². The predicted octanol–water partition coefficient (Wildman–Crippen LogP) is 0.0998. The minimum Gasteiger partial charge on any atom is -0.353 e. The third-order valence-corrected chi connectivity index (χ3v) is 6.00. The summed E-state index contributed by atoms with van der Waals surface area (Å²) in [6, 6.07) is -0.890. The number of carbonyl (C=O) groups excluding carboxylic acids is 3. The van der Waals surface area contributed by atoms with Crippen LogP contribution in [0.25, 0.3) is 0 Å². The smallest absolute Gasteiger partial charge is 0.322 e. The number of aromatic nitrogens is 2. The molecular formula is C19H26N6O3. The van der Waals surface area contributed by atoms with E-state index in [0.29, 0.717) is 18.3 Å². The summed E-state index contributed by atoms with van der Waals surface area (Å²) in [6.45, 7) is 4.63. The molecular weight excluding hydrogens is 360 g/mol. The molecule has 4 amide bonds. The third kappa shape index (κ3) is 4.14. The van der Waals surface area contributed by atoms with Gasteiger partial charge in [0.1, 0.15) is 11.9 Å². The Morgan fingerprint density at radius 3 is 2.50 bits per heavy atom. The summed E-state index contributed by atoms with van der Waals surface area (Å²) < 4.78 is 0. The van der Waals surface area contributed by atoms with Crippen LogP contribution in [0.4, 0.5) is 4.79 Å². The molecule has 4 rings (SSSR count). The second kappa shape index (κ2) is 7.83. The van der Waals surface area contributed by atoms with Gasteiger partial charge in [0.15, 0.2) is 0 Å². The first-order valence-electron chi connectivity index (χ1n) is 9.88. The Morgan fingerprint density at radius 1 is 1.21 bits per heavy atom. The summed E-state index contributed by atoms with van der Waals surface area (Å²) in [6.07, 6.45) is 6.57. The number of nitrogens with zero attached hydrogens (tertiary/aromatic N) is 3. The Labute approximate surface area is 163 Å². The number of likely N-dealkylation sites (tertiary alicyclic amines) is 1. The summed E-state index contributed by atoms with van der Waals surface area (Å²) in [5.41, 5.74) is 1.12. The number of carbonyl (C=O) groups is 3. The van der Waals surface area contributed by atoms with Gasteiger partial charge in [-0.2, -0.15) is 0 Å². The first kappa shape index (κ1) is 18.8. The molecule has 3 N–H and O–H groups in total. The van der Waals surface area contributed by atoms with Crippen LogP contribution in [0.15, 0.2) is 12.4 Å². The maximum atomic E-state index is 12.4. The second-order valence-corrected chi connectivity index (χ2v) is 8.08. The van der Waals surface area contributed by atoms with Gasteiger partial charge in [-0.15, -0.1) is 0 Å². The average Bonchev–Trinajstić information content (AvgIpc) is 3.09. The van der Waals surface area contributed by atoms with E-state index in [0.717, 1.165) is 43.9 Å². The Balaban J connectivity index is 1.26. The van der Waals surface area contributed by atoms with Gasteiger partial charge in [-0.1, -0.05) is 0 Å². The molecule has 1 saturated carbocycles. The van der Waals surface area contributed by atoms with Crippen molar-refractivity contribution >= 4 is 17.8 Å². The topological polar surface area (TPSA) is 116 Å². The van der Waals surface area contributed by atoms with Gasteiger partial charge < -0.3 is 10.6 Å². The Kier molecular flexibility index (Phi) is 5.25. The molecule has 1 unspecified atom stereocenters. The van der Waals surface area contributed by atoms with E-state index in [1.54, 1.807) is 0 Å². The van der Waals surface area contributed by atoms with Crippen molar-refractivity contribution in [3.63, 3.8) is 0 Å². The van der Waals surface area contributed by atoms with Crippen molar-refractivity contribution in [2.75, 3.05) is 13.1 Å². The van der Waals surface area contributed by atoms with Gasteiger partial charge in [-0.25, -0.2) is 14.8 Å². The minimum absolute atomic E-state index is 0.0452. The second-order valence-electron chi connectivity index (χ2n) is 8.08. The van der Waals surface area contributed by atoms with Crippen LogP contribution in [-0.4, -0.2) is 57.9 Å². The Hall–Kier alpha value is -2.55. The van der Waals surface area contributed by atoms with Crippen LogP contribution in [-0.2, 0) is 16.1 Å². The molecule has 2 bridgehead atoms. The molecule has 0 aromatic carbocycles. The highest BCUT2D eigenvalue weighted by molar-refractivity contribution is 6.04. The maximum Gasteiger partial charge on any atom is 0.322 e. The molecule has 3 fully saturated rings. The third-order valence-electron chi connectivity index (χ3n) is 6.00. The van der Waals surface area contributed by atoms with Gasteiger partial charge in [0, 0.05) is 50.1 Å². The first-order valence-corrected chi connectivity index (χ1v) is 9.88. The van der Waals surface area contributed by atoms with Crippen molar-refractivity contribution in [1.29, 1.82) is 0 Å². The van der Waals surface area contributed by atoms with E-state index in [9.17, 15) is 14.4 Å².